The fraction of sp³-hybridized carbons (Fsp3) is 0.250. The molecule has 20 heavy (non-hydrogen) atoms. The Labute approximate surface area is 124 Å². The lowest BCUT2D eigenvalue weighted by Crippen LogP contribution is -2.26. The predicted molar refractivity (Wildman–Crippen MR) is 82.6 cm³/mol. The number of anilines is 1. The van der Waals surface area contributed by atoms with E-state index in [0.717, 1.165) is 17.0 Å². The van der Waals surface area contributed by atoms with Crippen molar-refractivity contribution in [3.05, 3.63) is 59.1 Å². The van der Waals surface area contributed by atoms with E-state index in [4.69, 9.17) is 16.3 Å². The van der Waals surface area contributed by atoms with Crippen LogP contribution in [-0.4, -0.2) is 24.4 Å². The summed E-state index contributed by atoms with van der Waals surface area (Å²) < 4.78 is 5.48. The lowest BCUT2D eigenvalue weighted by molar-refractivity contribution is 0.117. The molecule has 106 valence electrons. The first-order valence-electron chi connectivity index (χ1n) is 6.51. The highest BCUT2D eigenvalue weighted by Crippen LogP contribution is 2.22. The first-order chi connectivity index (χ1) is 9.65. The smallest absolute Gasteiger partial charge is 0.119 e. The monoisotopic (exact) mass is 291 g/mol. The molecule has 3 nitrogen and oxygen atoms in total. The Balaban J connectivity index is 1.79. The summed E-state index contributed by atoms with van der Waals surface area (Å²) in [5.74, 6) is 0.750. The molecule has 2 aromatic carbocycles. The van der Waals surface area contributed by atoms with E-state index >= 15 is 0 Å². The molecule has 0 spiro atoms. The topological polar surface area (TPSA) is 41.5 Å². The number of nitrogens with one attached hydrogen (secondary N) is 1. The van der Waals surface area contributed by atoms with E-state index < -0.39 is 6.10 Å². The third-order valence-corrected chi connectivity index (χ3v) is 3.15. The third kappa shape index (κ3) is 4.44. The van der Waals surface area contributed by atoms with Crippen molar-refractivity contribution in [2.45, 2.75) is 13.0 Å². The number of hydrogen-bond acceptors (Lipinski definition) is 3. The highest BCUT2D eigenvalue weighted by Gasteiger charge is 2.07. The van der Waals surface area contributed by atoms with Gasteiger partial charge in [0, 0.05) is 6.54 Å². The van der Waals surface area contributed by atoms with Gasteiger partial charge in [-0.1, -0.05) is 35.9 Å². The van der Waals surface area contributed by atoms with Crippen LogP contribution in [0.2, 0.25) is 5.02 Å². The molecule has 4 heteroatoms. The number of rotatable bonds is 6. The van der Waals surface area contributed by atoms with Crippen molar-refractivity contribution in [3.63, 3.8) is 0 Å². The zero-order chi connectivity index (χ0) is 14.4. The molecular weight excluding hydrogens is 274 g/mol. The van der Waals surface area contributed by atoms with Gasteiger partial charge in [-0.2, -0.15) is 0 Å². The van der Waals surface area contributed by atoms with E-state index in [1.807, 2.05) is 55.5 Å². The van der Waals surface area contributed by atoms with Gasteiger partial charge < -0.3 is 15.2 Å². The molecule has 0 aromatic heterocycles. The van der Waals surface area contributed by atoms with Crippen LogP contribution < -0.4 is 10.1 Å². The second-order valence-corrected chi connectivity index (χ2v) is 5.05. The Hall–Kier alpha value is -1.71. The summed E-state index contributed by atoms with van der Waals surface area (Å²) in [6.07, 6.45) is -0.604. The van der Waals surface area contributed by atoms with Crippen molar-refractivity contribution in [1.29, 1.82) is 0 Å². The summed E-state index contributed by atoms with van der Waals surface area (Å²) in [6.45, 7) is 2.61. The Kier molecular flexibility index (Phi) is 5.27. The summed E-state index contributed by atoms with van der Waals surface area (Å²) in [5.41, 5.74) is 1.92. The number of hydrogen-bond donors (Lipinski definition) is 2. The Morgan fingerprint density at radius 1 is 1.20 bits per heavy atom. The van der Waals surface area contributed by atoms with Crippen LogP contribution in [0.15, 0.2) is 48.5 Å². The third-order valence-electron chi connectivity index (χ3n) is 2.84. The summed E-state index contributed by atoms with van der Waals surface area (Å²) in [5, 5.41) is 13.7. The van der Waals surface area contributed by atoms with E-state index in [2.05, 4.69) is 5.32 Å². The van der Waals surface area contributed by atoms with Gasteiger partial charge in [-0.15, -0.1) is 0 Å². The maximum atomic E-state index is 9.89. The average molecular weight is 292 g/mol. The number of halogens is 1. The van der Waals surface area contributed by atoms with Crippen LogP contribution in [0, 0.1) is 6.92 Å². The molecule has 0 saturated heterocycles. The normalized spacial score (nSPS) is 11.9. The highest BCUT2D eigenvalue weighted by molar-refractivity contribution is 6.33. The van der Waals surface area contributed by atoms with Crippen molar-refractivity contribution >= 4 is 17.3 Å². The zero-order valence-electron chi connectivity index (χ0n) is 11.3. The number of aryl methyl sites for hydroxylation is 1. The quantitative estimate of drug-likeness (QED) is 0.856. The SMILES string of the molecule is Cc1ccc(NCC(O)COc2ccccc2)c(Cl)c1. The fourth-order valence-electron chi connectivity index (χ4n) is 1.76. The largest absolute Gasteiger partial charge is 0.491 e. The van der Waals surface area contributed by atoms with Crippen LogP contribution in [0.3, 0.4) is 0 Å². The fourth-order valence-corrected chi connectivity index (χ4v) is 2.06. The van der Waals surface area contributed by atoms with Gasteiger partial charge in [-0.3, -0.25) is 0 Å². The van der Waals surface area contributed by atoms with Gasteiger partial charge >= 0.3 is 0 Å². The second-order valence-electron chi connectivity index (χ2n) is 4.64. The summed E-state index contributed by atoms with van der Waals surface area (Å²) >= 11 is 6.11. The average Bonchev–Trinajstić information content (AvgIpc) is 2.45. The highest BCUT2D eigenvalue weighted by atomic mass is 35.5. The van der Waals surface area contributed by atoms with Gasteiger partial charge in [0.1, 0.15) is 18.5 Å². The molecule has 0 bridgehead atoms. The maximum Gasteiger partial charge on any atom is 0.119 e. The number of para-hydroxylation sites is 1. The molecule has 2 N–H and O–H groups in total. The molecule has 2 aromatic rings. The molecule has 0 amide bonds. The summed E-state index contributed by atoms with van der Waals surface area (Å²) in [4.78, 5) is 0. The number of benzene rings is 2. The molecule has 0 aliphatic carbocycles. The van der Waals surface area contributed by atoms with E-state index in [1.165, 1.54) is 0 Å². The number of aliphatic hydroxyl groups is 1. The van der Waals surface area contributed by atoms with Crippen LogP contribution in [0.5, 0.6) is 5.75 Å². The minimum Gasteiger partial charge on any atom is -0.491 e. The second kappa shape index (κ2) is 7.17. The van der Waals surface area contributed by atoms with E-state index in [0.29, 0.717) is 11.6 Å². The molecule has 0 aliphatic heterocycles. The molecular formula is C16H18ClNO2. The molecule has 0 radical (unpaired) electrons. The molecule has 0 heterocycles. The standard InChI is InChI=1S/C16H18ClNO2/c1-12-7-8-16(15(17)9-12)18-10-13(19)11-20-14-5-3-2-4-6-14/h2-9,13,18-19H,10-11H2,1H3. The minimum absolute atomic E-state index is 0.237. The van der Waals surface area contributed by atoms with Gasteiger partial charge in [0.2, 0.25) is 0 Å². The van der Waals surface area contributed by atoms with Gasteiger partial charge in [-0.05, 0) is 36.8 Å². The zero-order valence-corrected chi connectivity index (χ0v) is 12.1. The van der Waals surface area contributed by atoms with Crippen molar-refractivity contribution in [1.82, 2.24) is 0 Å². The summed E-state index contributed by atoms with van der Waals surface area (Å²) in [6, 6.07) is 15.2. The Morgan fingerprint density at radius 2 is 1.95 bits per heavy atom. The van der Waals surface area contributed by atoms with Gasteiger partial charge in [-0.25, -0.2) is 0 Å². The Bertz CT molecular complexity index is 545. The first kappa shape index (κ1) is 14.7. The van der Waals surface area contributed by atoms with Crippen LogP contribution in [0.4, 0.5) is 5.69 Å². The lowest BCUT2D eigenvalue weighted by atomic mass is 10.2. The van der Waals surface area contributed by atoms with Crippen molar-refractivity contribution in [2.75, 3.05) is 18.5 Å². The first-order valence-corrected chi connectivity index (χ1v) is 6.89. The Morgan fingerprint density at radius 3 is 2.65 bits per heavy atom. The lowest BCUT2D eigenvalue weighted by Gasteiger charge is -2.15. The number of ether oxygens (including phenoxy) is 1. The van der Waals surface area contributed by atoms with E-state index in [1.54, 1.807) is 0 Å². The van der Waals surface area contributed by atoms with Crippen molar-refractivity contribution in [2.24, 2.45) is 0 Å². The van der Waals surface area contributed by atoms with Gasteiger partial charge in [0.25, 0.3) is 0 Å². The van der Waals surface area contributed by atoms with Crippen LogP contribution in [0.1, 0.15) is 5.56 Å². The molecule has 2 rings (SSSR count). The van der Waals surface area contributed by atoms with Crippen molar-refractivity contribution in [3.8, 4) is 5.75 Å². The van der Waals surface area contributed by atoms with Gasteiger partial charge in [0.15, 0.2) is 0 Å². The molecule has 0 aliphatic rings. The van der Waals surface area contributed by atoms with E-state index in [-0.39, 0.29) is 6.61 Å². The molecule has 0 fully saturated rings. The minimum atomic E-state index is -0.604. The molecule has 0 saturated carbocycles. The predicted octanol–water partition coefficient (Wildman–Crippen LogP) is 3.50. The maximum absolute atomic E-state index is 9.89. The van der Waals surface area contributed by atoms with Crippen LogP contribution in [0.25, 0.3) is 0 Å². The van der Waals surface area contributed by atoms with Crippen molar-refractivity contribution < 1.29 is 9.84 Å². The van der Waals surface area contributed by atoms with Crippen LogP contribution >= 0.6 is 11.6 Å². The van der Waals surface area contributed by atoms with E-state index in [9.17, 15) is 5.11 Å². The van der Waals surface area contributed by atoms with Crippen LogP contribution in [-0.2, 0) is 0 Å². The molecule has 1 atom stereocenters. The summed E-state index contributed by atoms with van der Waals surface area (Å²) in [7, 11) is 0. The molecule has 1 unspecified atom stereocenters. The number of aliphatic hydroxyl groups excluding tert-OH is 1. The van der Waals surface area contributed by atoms with Gasteiger partial charge in [0.05, 0.1) is 10.7 Å².